The minimum atomic E-state index is -0.176. The number of rotatable bonds is 5. The van der Waals surface area contributed by atoms with E-state index in [1.807, 2.05) is 30.3 Å². The molecule has 0 unspecified atom stereocenters. The zero-order valence-electron chi connectivity index (χ0n) is 11.2. The molecule has 100 valence electrons. The number of hydrogen-bond donors (Lipinski definition) is 2. The highest BCUT2D eigenvalue weighted by Gasteiger charge is 2.23. The summed E-state index contributed by atoms with van der Waals surface area (Å²) in [5.41, 5.74) is 3.46. The van der Waals surface area contributed by atoms with Gasteiger partial charge in [0, 0.05) is 25.0 Å². The fraction of sp³-hybridized carbons (Fsp3) is 0.294. The van der Waals surface area contributed by atoms with Gasteiger partial charge in [0.05, 0.1) is 0 Å². The van der Waals surface area contributed by atoms with Gasteiger partial charge in [-0.15, -0.1) is 0 Å². The van der Waals surface area contributed by atoms with Crippen molar-refractivity contribution in [1.82, 2.24) is 0 Å². The van der Waals surface area contributed by atoms with E-state index < -0.39 is 0 Å². The quantitative estimate of drug-likeness (QED) is 0.863. The second-order valence-corrected chi connectivity index (χ2v) is 4.92. The van der Waals surface area contributed by atoms with Crippen molar-refractivity contribution in [3.63, 3.8) is 0 Å². The Hall–Kier alpha value is -1.64. The van der Waals surface area contributed by atoms with Crippen molar-refractivity contribution in [2.45, 2.75) is 12.8 Å². The van der Waals surface area contributed by atoms with Crippen LogP contribution in [0.25, 0.3) is 0 Å². The van der Waals surface area contributed by atoms with Crippen LogP contribution < -0.4 is 0 Å². The van der Waals surface area contributed by atoms with Crippen molar-refractivity contribution in [3.05, 3.63) is 71.3 Å². The molecule has 2 N–H and O–H groups in total. The van der Waals surface area contributed by atoms with E-state index in [1.165, 1.54) is 5.56 Å². The Balaban J connectivity index is 2.42. The summed E-state index contributed by atoms with van der Waals surface area (Å²) in [4.78, 5) is 0. The van der Waals surface area contributed by atoms with E-state index in [2.05, 4.69) is 31.2 Å². The highest BCUT2D eigenvalue weighted by Crippen LogP contribution is 2.31. The van der Waals surface area contributed by atoms with Gasteiger partial charge < -0.3 is 10.2 Å². The molecule has 2 aromatic carbocycles. The van der Waals surface area contributed by atoms with Crippen LogP contribution in [-0.2, 0) is 0 Å². The van der Waals surface area contributed by atoms with Gasteiger partial charge in [-0.1, -0.05) is 60.2 Å². The summed E-state index contributed by atoms with van der Waals surface area (Å²) in [7, 11) is 0. The van der Waals surface area contributed by atoms with Crippen LogP contribution in [0.5, 0.6) is 0 Å². The number of aryl methyl sites for hydroxylation is 1. The van der Waals surface area contributed by atoms with E-state index in [0.29, 0.717) is 0 Å². The Kier molecular flexibility index (Phi) is 4.72. The Labute approximate surface area is 114 Å². The molecule has 2 nitrogen and oxygen atoms in total. The minimum Gasteiger partial charge on any atom is -0.396 e. The Morgan fingerprint density at radius 1 is 0.789 bits per heavy atom. The van der Waals surface area contributed by atoms with Crippen LogP contribution in [0.4, 0.5) is 0 Å². The topological polar surface area (TPSA) is 40.5 Å². The highest BCUT2D eigenvalue weighted by molar-refractivity contribution is 5.34. The van der Waals surface area contributed by atoms with Gasteiger partial charge in [-0.25, -0.2) is 0 Å². The average Bonchev–Trinajstić information content (AvgIpc) is 2.47. The molecule has 0 amide bonds. The van der Waals surface area contributed by atoms with Crippen molar-refractivity contribution in [1.29, 1.82) is 0 Å². The Morgan fingerprint density at radius 3 is 1.84 bits per heavy atom. The Morgan fingerprint density at radius 2 is 1.32 bits per heavy atom. The predicted octanol–water partition coefficient (Wildman–Crippen LogP) is 2.73. The van der Waals surface area contributed by atoms with Crippen LogP contribution >= 0.6 is 0 Å². The maximum absolute atomic E-state index is 9.51. The predicted molar refractivity (Wildman–Crippen MR) is 77.1 cm³/mol. The van der Waals surface area contributed by atoms with Gasteiger partial charge in [-0.05, 0) is 18.1 Å². The van der Waals surface area contributed by atoms with Crippen LogP contribution in [0.3, 0.4) is 0 Å². The summed E-state index contributed by atoms with van der Waals surface area (Å²) in [6, 6.07) is 18.3. The zero-order valence-corrected chi connectivity index (χ0v) is 11.2. The molecule has 0 aliphatic rings. The van der Waals surface area contributed by atoms with Gasteiger partial charge in [-0.3, -0.25) is 0 Å². The molecule has 0 bridgehead atoms. The number of aliphatic hydroxyl groups is 2. The van der Waals surface area contributed by atoms with Gasteiger partial charge in [-0.2, -0.15) is 0 Å². The molecule has 19 heavy (non-hydrogen) atoms. The maximum Gasteiger partial charge on any atom is 0.0490 e. The second-order valence-electron chi connectivity index (χ2n) is 4.92. The number of aliphatic hydroxyl groups excluding tert-OH is 2. The van der Waals surface area contributed by atoms with E-state index in [-0.39, 0.29) is 25.0 Å². The van der Waals surface area contributed by atoms with Gasteiger partial charge >= 0.3 is 0 Å². The van der Waals surface area contributed by atoms with Crippen molar-refractivity contribution in [3.8, 4) is 0 Å². The monoisotopic (exact) mass is 256 g/mol. The molecule has 0 spiro atoms. The summed E-state index contributed by atoms with van der Waals surface area (Å²) < 4.78 is 0. The van der Waals surface area contributed by atoms with Crippen LogP contribution in [0.2, 0.25) is 0 Å². The summed E-state index contributed by atoms with van der Waals surface area (Å²) in [6.45, 7) is 2.00. The van der Waals surface area contributed by atoms with Gasteiger partial charge in [0.25, 0.3) is 0 Å². The average molecular weight is 256 g/mol. The first-order chi connectivity index (χ1) is 9.26. The number of hydrogen-bond acceptors (Lipinski definition) is 2. The summed E-state index contributed by atoms with van der Waals surface area (Å²) >= 11 is 0. The van der Waals surface area contributed by atoms with E-state index in [9.17, 15) is 10.2 Å². The molecule has 0 aliphatic carbocycles. The molecular formula is C17H20O2. The number of benzene rings is 2. The molecule has 2 rings (SSSR count). The van der Waals surface area contributed by atoms with Crippen molar-refractivity contribution in [2.75, 3.05) is 13.2 Å². The lowest BCUT2D eigenvalue weighted by Crippen LogP contribution is -2.21. The van der Waals surface area contributed by atoms with E-state index in [4.69, 9.17) is 0 Å². The molecule has 2 aromatic rings. The zero-order chi connectivity index (χ0) is 13.7. The van der Waals surface area contributed by atoms with Crippen molar-refractivity contribution >= 4 is 0 Å². The molecule has 0 saturated carbocycles. The van der Waals surface area contributed by atoms with Crippen molar-refractivity contribution in [2.24, 2.45) is 5.92 Å². The normalized spacial score (nSPS) is 12.6. The molecule has 2 heteroatoms. The molecule has 0 aliphatic heterocycles. The van der Waals surface area contributed by atoms with Gasteiger partial charge in [0.1, 0.15) is 0 Å². The molecule has 0 saturated heterocycles. The van der Waals surface area contributed by atoms with Gasteiger partial charge in [0.15, 0.2) is 0 Å². The third kappa shape index (κ3) is 3.22. The molecule has 0 aromatic heterocycles. The molecule has 0 fully saturated rings. The first-order valence-corrected chi connectivity index (χ1v) is 6.59. The maximum atomic E-state index is 9.51. The largest absolute Gasteiger partial charge is 0.396 e. The standard InChI is InChI=1S/C17H20O2/c1-13-7-9-15(10-8-13)17(16(11-18)12-19)14-5-3-2-4-6-14/h2-10,16-19H,11-12H2,1H3/t17-/m1/s1. The molecule has 1 atom stereocenters. The molecule has 0 heterocycles. The summed E-state index contributed by atoms with van der Waals surface area (Å²) in [6.07, 6.45) is 0. The smallest absolute Gasteiger partial charge is 0.0490 e. The van der Waals surface area contributed by atoms with Crippen LogP contribution in [-0.4, -0.2) is 23.4 Å². The Bertz CT molecular complexity index is 486. The van der Waals surface area contributed by atoms with E-state index in [0.717, 1.165) is 11.1 Å². The molecular weight excluding hydrogens is 236 g/mol. The van der Waals surface area contributed by atoms with E-state index >= 15 is 0 Å². The third-order valence-electron chi connectivity index (χ3n) is 3.54. The highest BCUT2D eigenvalue weighted by atomic mass is 16.3. The first kappa shape index (κ1) is 13.8. The van der Waals surface area contributed by atoms with E-state index in [1.54, 1.807) is 0 Å². The van der Waals surface area contributed by atoms with Crippen LogP contribution in [0, 0.1) is 12.8 Å². The lowest BCUT2D eigenvalue weighted by molar-refractivity contribution is 0.139. The summed E-state index contributed by atoms with van der Waals surface area (Å²) in [5, 5.41) is 19.0. The fourth-order valence-electron chi connectivity index (χ4n) is 2.44. The lowest BCUT2D eigenvalue weighted by atomic mass is 9.81. The summed E-state index contributed by atoms with van der Waals surface area (Å²) in [5.74, 6) is -0.151. The third-order valence-corrected chi connectivity index (χ3v) is 3.54. The lowest BCUT2D eigenvalue weighted by Gasteiger charge is -2.25. The van der Waals surface area contributed by atoms with Gasteiger partial charge in [0.2, 0.25) is 0 Å². The fourth-order valence-corrected chi connectivity index (χ4v) is 2.44. The minimum absolute atomic E-state index is 0.0239. The van der Waals surface area contributed by atoms with Crippen molar-refractivity contribution < 1.29 is 10.2 Å². The second kappa shape index (κ2) is 6.50. The molecule has 0 radical (unpaired) electrons. The first-order valence-electron chi connectivity index (χ1n) is 6.59. The van der Waals surface area contributed by atoms with Crippen LogP contribution in [0.15, 0.2) is 54.6 Å². The van der Waals surface area contributed by atoms with Crippen LogP contribution in [0.1, 0.15) is 22.6 Å². The SMILES string of the molecule is Cc1ccc([C@@H](c2ccccc2)C(CO)CO)cc1.